The number of carbonyl (C=O) groups excluding carboxylic acids is 1. The van der Waals surface area contributed by atoms with Crippen LogP contribution in [0, 0.1) is 6.92 Å². The number of nitrogens with one attached hydrogen (secondary N) is 1. The Hall–Kier alpha value is -1.72. The predicted molar refractivity (Wildman–Crippen MR) is 79.4 cm³/mol. The van der Waals surface area contributed by atoms with Gasteiger partial charge in [-0.2, -0.15) is 0 Å². The average Bonchev–Trinajstić information content (AvgIpc) is 2.86. The van der Waals surface area contributed by atoms with E-state index in [1.807, 2.05) is 26.8 Å². The van der Waals surface area contributed by atoms with Crippen LogP contribution in [0.3, 0.4) is 0 Å². The zero-order chi connectivity index (χ0) is 14.8. The molecule has 1 heterocycles. The van der Waals surface area contributed by atoms with Gasteiger partial charge in [0.2, 0.25) is 0 Å². The van der Waals surface area contributed by atoms with E-state index in [2.05, 4.69) is 10.3 Å². The predicted octanol–water partition coefficient (Wildman–Crippen LogP) is 2.54. The van der Waals surface area contributed by atoms with Crippen molar-refractivity contribution in [1.29, 1.82) is 0 Å². The average molecular weight is 290 g/mol. The molecule has 5 heteroatoms. The SMILES string of the molecule is Cc1cnc(C(C)(C)NC(=O)C(O)c2ccccc2)s1. The van der Waals surface area contributed by atoms with Gasteiger partial charge in [0.1, 0.15) is 5.01 Å². The summed E-state index contributed by atoms with van der Waals surface area (Å²) in [7, 11) is 0. The van der Waals surface area contributed by atoms with E-state index in [1.165, 1.54) is 11.3 Å². The molecular formula is C15H18N2O2S. The molecule has 1 unspecified atom stereocenters. The Kier molecular flexibility index (Phi) is 4.20. The lowest BCUT2D eigenvalue weighted by atomic mass is 10.0. The first kappa shape index (κ1) is 14.7. The van der Waals surface area contributed by atoms with E-state index in [1.54, 1.807) is 30.5 Å². The van der Waals surface area contributed by atoms with Crippen molar-refractivity contribution < 1.29 is 9.90 Å². The summed E-state index contributed by atoms with van der Waals surface area (Å²) in [5.74, 6) is -0.422. The number of rotatable bonds is 4. The lowest BCUT2D eigenvalue weighted by Crippen LogP contribution is -2.43. The molecule has 0 bridgehead atoms. The highest BCUT2D eigenvalue weighted by Gasteiger charge is 2.29. The number of hydrogen-bond donors (Lipinski definition) is 2. The van der Waals surface area contributed by atoms with E-state index in [4.69, 9.17) is 0 Å². The van der Waals surface area contributed by atoms with Gasteiger partial charge < -0.3 is 10.4 Å². The zero-order valence-electron chi connectivity index (χ0n) is 11.8. The lowest BCUT2D eigenvalue weighted by Gasteiger charge is -2.25. The molecule has 2 N–H and O–H groups in total. The van der Waals surface area contributed by atoms with Crippen LogP contribution in [-0.4, -0.2) is 16.0 Å². The van der Waals surface area contributed by atoms with Gasteiger partial charge in [0, 0.05) is 11.1 Å². The number of benzene rings is 1. The van der Waals surface area contributed by atoms with Gasteiger partial charge in [0.15, 0.2) is 6.10 Å². The minimum Gasteiger partial charge on any atom is -0.378 e. The Morgan fingerprint density at radius 3 is 2.55 bits per heavy atom. The number of aryl methyl sites for hydroxylation is 1. The first-order valence-corrected chi connectivity index (χ1v) is 7.20. The monoisotopic (exact) mass is 290 g/mol. The minimum atomic E-state index is -1.17. The van der Waals surface area contributed by atoms with Crippen LogP contribution < -0.4 is 5.32 Å². The first-order chi connectivity index (χ1) is 9.40. The van der Waals surface area contributed by atoms with Crippen LogP contribution in [-0.2, 0) is 10.3 Å². The Bertz CT molecular complexity index is 593. The minimum absolute atomic E-state index is 0.422. The van der Waals surface area contributed by atoms with Gasteiger partial charge in [0.05, 0.1) is 5.54 Å². The summed E-state index contributed by atoms with van der Waals surface area (Å²) in [6.45, 7) is 5.72. The molecule has 0 aliphatic rings. The van der Waals surface area contributed by atoms with Crippen molar-refractivity contribution in [2.75, 3.05) is 0 Å². The van der Waals surface area contributed by atoms with Gasteiger partial charge in [-0.25, -0.2) is 4.98 Å². The maximum absolute atomic E-state index is 12.2. The maximum atomic E-state index is 12.2. The van der Waals surface area contributed by atoms with Gasteiger partial charge in [-0.3, -0.25) is 4.79 Å². The molecule has 106 valence electrons. The summed E-state index contributed by atoms with van der Waals surface area (Å²) in [6, 6.07) is 8.88. The number of aliphatic hydroxyl groups excluding tert-OH is 1. The third-order valence-corrected chi connectivity index (χ3v) is 4.19. The number of nitrogens with zero attached hydrogens (tertiary/aromatic N) is 1. The molecule has 4 nitrogen and oxygen atoms in total. The van der Waals surface area contributed by atoms with Crippen molar-refractivity contribution in [2.24, 2.45) is 0 Å². The number of amides is 1. The Balaban J connectivity index is 2.11. The Morgan fingerprint density at radius 2 is 2.00 bits per heavy atom. The van der Waals surface area contributed by atoms with Gasteiger partial charge in [-0.1, -0.05) is 30.3 Å². The highest BCUT2D eigenvalue weighted by molar-refractivity contribution is 7.11. The number of hydrogen-bond acceptors (Lipinski definition) is 4. The summed E-state index contributed by atoms with van der Waals surface area (Å²) in [4.78, 5) is 17.5. The second-order valence-electron chi connectivity index (χ2n) is 5.20. The number of aromatic nitrogens is 1. The molecule has 0 fully saturated rings. The number of carbonyl (C=O) groups is 1. The summed E-state index contributed by atoms with van der Waals surface area (Å²) >= 11 is 1.54. The van der Waals surface area contributed by atoms with Crippen molar-refractivity contribution in [3.8, 4) is 0 Å². The summed E-state index contributed by atoms with van der Waals surface area (Å²) < 4.78 is 0. The second-order valence-corrected chi connectivity index (χ2v) is 6.44. The molecule has 0 spiro atoms. The molecule has 2 rings (SSSR count). The van der Waals surface area contributed by atoms with Gasteiger partial charge >= 0.3 is 0 Å². The largest absolute Gasteiger partial charge is 0.378 e. The normalized spacial score (nSPS) is 13.0. The quantitative estimate of drug-likeness (QED) is 0.909. The van der Waals surface area contributed by atoms with Crippen molar-refractivity contribution in [2.45, 2.75) is 32.4 Å². The Morgan fingerprint density at radius 1 is 1.35 bits per heavy atom. The van der Waals surface area contributed by atoms with Crippen LogP contribution in [0.15, 0.2) is 36.5 Å². The molecule has 0 aliphatic heterocycles. The summed E-state index contributed by atoms with van der Waals surface area (Å²) in [5.41, 5.74) is -0.0256. The molecule has 20 heavy (non-hydrogen) atoms. The first-order valence-electron chi connectivity index (χ1n) is 6.38. The summed E-state index contributed by atoms with van der Waals surface area (Å²) in [6.07, 6.45) is 0.609. The molecule has 1 aromatic carbocycles. The molecular weight excluding hydrogens is 272 g/mol. The third kappa shape index (κ3) is 3.23. The fourth-order valence-corrected chi connectivity index (χ4v) is 2.68. The van der Waals surface area contributed by atoms with Gasteiger partial charge in [0.25, 0.3) is 5.91 Å². The highest BCUT2D eigenvalue weighted by atomic mass is 32.1. The van der Waals surface area contributed by atoms with Crippen LogP contribution in [0.4, 0.5) is 0 Å². The molecule has 1 amide bonds. The maximum Gasteiger partial charge on any atom is 0.254 e. The topological polar surface area (TPSA) is 62.2 Å². The fourth-order valence-electron chi connectivity index (χ4n) is 1.86. The fraction of sp³-hybridized carbons (Fsp3) is 0.333. The van der Waals surface area contributed by atoms with E-state index in [0.29, 0.717) is 5.56 Å². The van der Waals surface area contributed by atoms with Crippen LogP contribution in [0.2, 0.25) is 0 Å². The van der Waals surface area contributed by atoms with Gasteiger partial charge in [-0.15, -0.1) is 11.3 Å². The van der Waals surface area contributed by atoms with Crippen LogP contribution >= 0.6 is 11.3 Å². The molecule has 1 aromatic heterocycles. The van der Waals surface area contributed by atoms with Crippen molar-refractivity contribution in [3.63, 3.8) is 0 Å². The van der Waals surface area contributed by atoms with Crippen LogP contribution in [0.25, 0.3) is 0 Å². The molecule has 1 atom stereocenters. The van der Waals surface area contributed by atoms with Crippen LogP contribution in [0.5, 0.6) is 0 Å². The standard InChI is InChI=1S/C15H18N2O2S/c1-10-9-16-14(20-10)15(2,3)17-13(19)12(18)11-7-5-4-6-8-11/h4-9,12,18H,1-3H3,(H,17,19). The smallest absolute Gasteiger partial charge is 0.254 e. The van der Waals surface area contributed by atoms with Crippen molar-refractivity contribution >= 4 is 17.2 Å². The van der Waals surface area contributed by atoms with E-state index < -0.39 is 17.6 Å². The Labute approximate surface area is 122 Å². The van der Waals surface area contributed by atoms with Crippen LogP contribution in [0.1, 0.15) is 35.4 Å². The zero-order valence-corrected chi connectivity index (χ0v) is 12.6. The molecule has 0 aliphatic carbocycles. The molecule has 0 radical (unpaired) electrons. The van der Waals surface area contributed by atoms with E-state index >= 15 is 0 Å². The van der Waals surface area contributed by atoms with Gasteiger partial charge in [-0.05, 0) is 26.3 Å². The molecule has 0 saturated carbocycles. The van der Waals surface area contributed by atoms with Crippen molar-refractivity contribution in [3.05, 3.63) is 52.0 Å². The van der Waals surface area contributed by atoms with E-state index in [-0.39, 0.29) is 0 Å². The highest BCUT2D eigenvalue weighted by Crippen LogP contribution is 2.25. The third-order valence-electron chi connectivity index (χ3n) is 2.96. The molecule has 0 saturated heterocycles. The number of aliphatic hydroxyl groups is 1. The number of thiazole rings is 1. The lowest BCUT2D eigenvalue weighted by molar-refractivity contribution is -0.131. The van der Waals surface area contributed by atoms with E-state index in [9.17, 15) is 9.90 Å². The summed E-state index contributed by atoms with van der Waals surface area (Å²) in [5, 5.41) is 13.7. The van der Waals surface area contributed by atoms with E-state index in [0.717, 1.165) is 9.88 Å². The molecule has 2 aromatic rings. The van der Waals surface area contributed by atoms with Crippen molar-refractivity contribution in [1.82, 2.24) is 10.3 Å². The second kappa shape index (κ2) is 5.73.